The normalized spacial score (nSPS) is 29.9. The molecule has 0 bridgehead atoms. The molecule has 0 N–H and O–H groups in total. The fourth-order valence-corrected chi connectivity index (χ4v) is 2.03. The van der Waals surface area contributed by atoms with Gasteiger partial charge < -0.3 is 9.64 Å². The number of hydrogen-bond acceptors (Lipinski definition) is 2. The van der Waals surface area contributed by atoms with Gasteiger partial charge in [0.2, 0.25) is 0 Å². The Labute approximate surface area is 80.1 Å². The zero-order valence-electron chi connectivity index (χ0n) is 9.18. The molecule has 1 saturated heterocycles. The van der Waals surface area contributed by atoms with Gasteiger partial charge >= 0.3 is 0 Å². The first-order chi connectivity index (χ1) is 5.85. The standard InChI is InChI=1S/C10H19NO2/c1-9(2,3)10(13-5)6-7-11(4)8(10)12/h6-7H2,1-5H3/t10-/m0/s1. The highest BCUT2D eigenvalue weighted by molar-refractivity contribution is 5.88. The van der Waals surface area contributed by atoms with Crippen LogP contribution in [0.15, 0.2) is 0 Å². The van der Waals surface area contributed by atoms with Gasteiger partial charge in [-0.1, -0.05) is 20.8 Å². The van der Waals surface area contributed by atoms with Gasteiger partial charge in [-0.15, -0.1) is 0 Å². The van der Waals surface area contributed by atoms with E-state index < -0.39 is 5.60 Å². The first kappa shape index (κ1) is 10.5. The van der Waals surface area contributed by atoms with E-state index in [1.165, 1.54) is 0 Å². The van der Waals surface area contributed by atoms with Crippen LogP contribution in [-0.2, 0) is 9.53 Å². The Hall–Kier alpha value is -0.570. The van der Waals surface area contributed by atoms with E-state index in [-0.39, 0.29) is 11.3 Å². The molecule has 0 saturated carbocycles. The van der Waals surface area contributed by atoms with Gasteiger partial charge in [0.05, 0.1) is 0 Å². The molecular formula is C10H19NO2. The highest BCUT2D eigenvalue weighted by Crippen LogP contribution is 2.41. The van der Waals surface area contributed by atoms with Crippen molar-refractivity contribution < 1.29 is 9.53 Å². The fraction of sp³-hybridized carbons (Fsp3) is 0.900. The number of rotatable bonds is 1. The summed E-state index contributed by atoms with van der Waals surface area (Å²) in [5.41, 5.74) is -0.745. The maximum absolute atomic E-state index is 11.9. The van der Waals surface area contributed by atoms with Crippen molar-refractivity contribution in [1.82, 2.24) is 4.90 Å². The highest BCUT2D eigenvalue weighted by atomic mass is 16.5. The molecule has 0 aromatic carbocycles. The summed E-state index contributed by atoms with van der Waals surface area (Å²) in [6.07, 6.45) is 0.794. The van der Waals surface area contributed by atoms with Gasteiger partial charge in [-0.3, -0.25) is 4.79 Å². The van der Waals surface area contributed by atoms with Crippen LogP contribution in [0.1, 0.15) is 27.2 Å². The smallest absolute Gasteiger partial charge is 0.255 e. The van der Waals surface area contributed by atoms with Crippen LogP contribution in [0.3, 0.4) is 0 Å². The third kappa shape index (κ3) is 1.35. The molecule has 0 aromatic heterocycles. The SMILES string of the molecule is CO[C@@]1(C(C)(C)C)CCN(C)C1=O. The van der Waals surface area contributed by atoms with Crippen LogP contribution >= 0.6 is 0 Å². The van der Waals surface area contributed by atoms with Gasteiger partial charge in [0.25, 0.3) is 5.91 Å². The average Bonchev–Trinajstić information content (AvgIpc) is 2.29. The second kappa shape index (κ2) is 2.98. The van der Waals surface area contributed by atoms with Crippen LogP contribution in [0.2, 0.25) is 0 Å². The monoisotopic (exact) mass is 185 g/mol. The summed E-state index contributed by atoms with van der Waals surface area (Å²) in [7, 11) is 3.46. The van der Waals surface area contributed by atoms with Crippen molar-refractivity contribution >= 4 is 5.91 Å². The Bertz CT molecular complexity index is 219. The van der Waals surface area contributed by atoms with Gasteiger partial charge in [0, 0.05) is 32.5 Å². The fourth-order valence-electron chi connectivity index (χ4n) is 2.03. The number of methoxy groups -OCH3 is 1. The molecule has 0 unspecified atom stereocenters. The minimum Gasteiger partial charge on any atom is -0.368 e. The van der Waals surface area contributed by atoms with E-state index in [9.17, 15) is 4.79 Å². The number of hydrogen-bond donors (Lipinski definition) is 0. The molecule has 0 radical (unpaired) electrons. The van der Waals surface area contributed by atoms with Crippen molar-refractivity contribution in [3.63, 3.8) is 0 Å². The number of carbonyl (C=O) groups is 1. The molecule has 1 heterocycles. The Morgan fingerprint density at radius 3 is 2.15 bits per heavy atom. The summed E-state index contributed by atoms with van der Waals surface area (Å²) >= 11 is 0. The lowest BCUT2D eigenvalue weighted by Gasteiger charge is -2.38. The lowest BCUT2D eigenvalue weighted by molar-refractivity contribution is -0.158. The molecule has 1 aliphatic rings. The molecule has 1 fully saturated rings. The van der Waals surface area contributed by atoms with E-state index in [4.69, 9.17) is 4.74 Å². The zero-order chi connectivity index (χ0) is 10.3. The van der Waals surface area contributed by atoms with Crippen molar-refractivity contribution in [2.45, 2.75) is 32.8 Å². The van der Waals surface area contributed by atoms with E-state index in [2.05, 4.69) is 0 Å². The summed E-state index contributed by atoms with van der Waals surface area (Å²) in [5, 5.41) is 0. The molecule has 0 spiro atoms. The van der Waals surface area contributed by atoms with Crippen LogP contribution in [0.5, 0.6) is 0 Å². The van der Waals surface area contributed by atoms with Crippen LogP contribution < -0.4 is 0 Å². The van der Waals surface area contributed by atoms with E-state index in [1.54, 1.807) is 12.0 Å². The predicted octanol–water partition coefficient (Wildman–Crippen LogP) is 1.28. The first-order valence-electron chi connectivity index (χ1n) is 4.66. The van der Waals surface area contributed by atoms with Gasteiger partial charge in [0.1, 0.15) is 0 Å². The molecule has 3 heteroatoms. The van der Waals surface area contributed by atoms with Crippen molar-refractivity contribution in [2.75, 3.05) is 20.7 Å². The predicted molar refractivity (Wildman–Crippen MR) is 51.4 cm³/mol. The summed E-state index contributed by atoms with van der Waals surface area (Å²) in [6, 6.07) is 0. The van der Waals surface area contributed by atoms with Crippen molar-refractivity contribution in [3.05, 3.63) is 0 Å². The molecule has 1 atom stereocenters. The Kier molecular flexibility index (Phi) is 2.41. The first-order valence-corrected chi connectivity index (χ1v) is 4.66. The Balaban J connectivity index is 3.02. The topological polar surface area (TPSA) is 29.5 Å². The largest absolute Gasteiger partial charge is 0.368 e. The Morgan fingerprint density at radius 2 is 2.00 bits per heavy atom. The van der Waals surface area contributed by atoms with Gasteiger partial charge in [-0.05, 0) is 0 Å². The highest BCUT2D eigenvalue weighted by Gasteiger charge is 2.53. The molecular weight excluding hydrogens is 166 g/mol. The second-order valence-electron chi connectivity index (χ2n) is 4.76. The minimum absolute atomic E-state index is 0.113. The number of likely N-dealkylation sites (N-methyl/N-ethyl adjacent to an activating group) is 1. The molecule has 0 aromatic rings. The number of nitrogens with zero attached hydrogens (tertiary/aromatic N) is 1. The molecule has 1 aliphatic heterocycles. The van der Waals surface area contributed by atoms with E-state index in [0.29, 0.717) is 0 Å². The third-order valence-corrected chi connectivity index (χ3v) is 3.05. The van der Waals surface area contributed by atoms with Crippen molar-refractivity contribution in [3.8, 4) is 0 Å². The van der Waals surface area contributed by atoms with Crippen LogP contribution in [0.4, 0.5) is 0 Å². The zero-order valence-corrected chi connectivity index (χ0v) is 9.18. The third-order valence-electron chi connectivity index (χ3n) is 3.05. The van der Waals surface area contributed by atoms with Gasteiger partial charge in [-0.25, -0.2) is 0 Å². The van der Waals surface area contributed by atoms with Crippen molar-refractivity contribution in [2.24, 2.45) is 5.41 Å². The number of carbonyl (C=O) groups excluding carboxylic acids is 1. The van der Waals surface area contributed by atoms with E-state index in [1.807, 2.05) is 27.8 Å². The maximum atomic E-state index is 11.9. The van der Waals surface area contributed by atoms with Crippen molar-refractivity contribution in [1.29, 1.82) is 0 Å². The van der Waals surface area contributed by atoms with Crippen LogP contribution in [0, 0.1) is 5.41 Å². The molecule has 13 heavy (non-hydrogen) atoms. The molecule has 3 nitrogen and oxygen atoms in total. The lowest BCUT2D eigenvalue weighted by Crippen LogP contribution is -2.50. The number of likely N-dealkylation sites (tertiary alicyclic amines) is 1. The average molecular weight is 185 g/mol. The molecule has 0 aliphatic carbocycles. The minimum atomic E-state index is -0.609. The van der Waals surface area contributed by atoms with Gasteiger partial charge in [-0.2, -0.15) is 0 Å². The van der Waals surface area contributed by atoms with E-state index in [0.717, 1.165) is 13.0 Å². The van der Waals surface area contributed by atoms with E-state index >= 15 is 0 Å². The summed E-state index contributed by atoms with van der Waals surface area (Å²) in [4.78, 5) is 13.7. The summed E-state index contributed by atoms with van der Waals surface area (Å²) in [6.45, 7) is 6.94. The molecule has 76 valence electrons. The number of ether oxygens (including phenoxy) is 1. The quantitative estimate of drug-likeness (QED) is 0.616. The maximum Gasteiger partial charge on any atom is 0.255 e. The second-order valence-corrected chi connectivity index (χ2v) is 4.76. The molecule has 1 amide bonds. The van der Waals surface area contributed by atoms with Crippen LogP contribution in [0.25, 0.3) is 0 Å². The van der Waals surface area contributed by atoms with Crippen LogP contribution in [-0.4, -0.2) is 37.1 Å². The van der Waals surface area contributed by atoms with Gasteiger partial charge in [0.15, 0.2) is 5.60 Å². The number of amides is 1. The summed E-state index contributed by atoms with van der Waals surface area (Å²) < 4.78 is 5.45. The Morgan fingerprint density at radius 1 is 1.46 bits per heavy atom. The molecule has 1 rings (SSSR count). The lowest BCUT2D eigenvalue weighted by atomic mass is 9.75. The summed E-state index contributed by atoms with van der Waals surface area (Å²) in [5.74, 6) is 0.113.